The maximum Gasteiger partial charge on any atom is 0.253 e. The van der Waals surface area contributed by atoms with Gasteiger partial charge in [-0.15, -0.1) is 0 Å². The number of benzene rings is 5. The Bertz CT molecular complexity index is 1910. The number of H-pyrrole nitrogens is 1. The van der Waals surface area contributed by atoms with Crippen LogP contribution in [-0.4, -0.2) is 40.2 Å². The fourth-order valence-electron chi connectivity index (χ4n) is 5.59. The van der Waals surface area contributed by atoms with E-state index >= 15 is 0 Å². The van der Waals surface area contributed by atoms with Gasteiger partial charge in [-0.25, -0.2) is 18.2 Å². The molecule has 1 amide bonds. The van der Waals surface area contributed by atoms with Crippen LogP contribution in [0.3, 0.4) is 0 Å². The number of imidazole rings is 1. The average Bonchev–Trinajstić information content (AvgIpc) is 3.52. The Labute approximate surface area is 264 Å². The number of hydrogen-bond donors (Lipinski definition) is 1. The molecule has 1 aliphatic rings. The number of aromatic amines is 1. The fourth-order valence-corrected chi connectivity index (χ4v) is 5.59. The summed E-state index contributed by atoms with van der Waals surface area (Å²) in [6, 6.07) is 33.4. The quantitative estimate of drug-likeness (QED) is 0.197. The summed E-state index contributed by atoms with van der Waals surface area (Å²) in [4.78, 5) is 32.8. The molecule has 1 aromatic heterocycles. The highest BCUT2D eigenvalue weighted by molar-refractivity contribution is 5.94. The number of fused-ring (bicyclic) bond motifs is 1. The van der Waals surface area contributed by atoms with E-state index in [9.17, 15) is 22.8 Å². The lowest BCUT2D eigenvalue weighted by atomic mass is 9.95. The minimum Gasteiger partial charge on any atom is -0.342 e. The topological polar surface area (TPSA) is 66.1 Å². The Hall–Kier alpha value is -5.50. The molecule has 8 heteroatoms. The largest absolute Gasteiger partial charge is 0.342 e. The first-order valence-electron chi connectivity index (χ1n) is 15.0. The lowest BCUT2D eigenvalue weighted by Crippen LogP contribution is -2.38. The third-order valence-electron chi connectivity index (χ3n) is 8.17. The molecule has 0 saturated carbocycles. The van der Waals surface area contributed by atoms with Gasteiger partial charge in [-0.1, -0.05) is 78.9 Å². The summed E-state index contributed by atoms with van der Waals surface area (Å²) < 4.78 is 39.6. The Kier molecular flexibility index (Phi) is 9.06. The summed E-state index contributed by atoms with van der Waals surface area (Å²) in [5.74, 6) is -1.16. The van der Waals surface area contributed by atoms with Gasteiger partial charge in [0.2, 0.25) is 0 Å². The maximum absolute atomic E-state index is 13.5. The minimum atomic E-state index is -0.899. The fraction of sp³-hybridized carbons (Fsp3) is 0.132. The number of likely N-dealkylation sites (tertiary alicyclic amines) is 1. The molecule has 0 bridgehead atoms. The second-order valence-corrected chi connectivity index (χ2v) is 11.2. The average molecular weight is 618 g/mol. The summed E-state index contributed by atoms with van der Waals surface area (Å²) in [5, 5.41) is 0. The zero-order chi connectivity index (χ0) is 32.0. The molecule has 1 aliphatic heterocycles. The predicted octanol–water partition coefficient (Wildman–Crippen LogP) is 8.83. The number of hydrogen-bond acceptors (Lipinski definition) is 3. The van der Waals surface area contributed by atoms with E-state index in [4.69, 9.17) is 0 Å². The summed E-state index contributed by atoms with van der Waals surface area (Å²) >= 11 is 0. The first-order chi connectivity index (χ1) is 22.4. The molecule has 5 aromatic carbocycles. The maximum atomic E-state index is 13.5. The van der Waals surface area contributed by atoms with Gasteiger partial charge in [-0.05, 0) is 59.4 Å². The Morgan fingerprint density at radius 1 is 0.717 bits per heavy atom. The molecule has 0 unspecified atom stereocenters. The van der Waals surface area contributed by atoms with Gasteiger partial charge in [0.25, 0.3) is 5.91 Å². The van der Waals surface area contributed by atoms with Crippen LogP contribution in [0.25, 0.3) is 33.3 Å². The van der Waals surface area contributed by atoms with Gasteiger partial charge in [0.15, 0.2) is 11.6 Å². The minimum absolute atomic E-state index is 0.0202. The van der Waals surface area contributed by atoms with Crippen LogP contribution in [0.5, 0.6) is 0 Å². The Morgan fingerprint density at radius 2 is 1.26 bits per heavy atom. The third kappa shape index (κ3) is 6.91. The van der Waals surface area contributed by atoms with Crippen LogP contribution >= 0.6 is 0 Å². The van der Waals surface area contributed by atoms with E-state index in [0.29, 0.717) is 35.2 Å². The highest BCUT2D eigenvalue weighted by Crippen LogP contribution is 2.29. The van der Waals surface area contributed by atoms with Crippen molar-refractivity contribution in [2.75, 3.05) is 13.1 Å². The van der Waals surface area contributed by atoms with E-state index in [1.54, 1.807) is 24.3 Å². The number of aldehydes is 1. The number of aromatic nitrogens is 2. The molecule has 7 rings (SSSR count). The van der Waals surface area contributed by atoms with Gasteiger partial charge in [-0.2, -0.15) is 0 Å². The van der Waals surface area contributed by atoms with Crippen molar-refractivity contribution in [3.05, 3.63) is 150 Å². The number of nitrogens with one attached hydrogen (secondary N) is 1. The van der Waals surface area contributed by atoms with E-state index in [-0.39, 0.29) is 17.6 Å². The second-order valence-electron chi connectivity index (χ2n) is 11.2. The van der Waals surface area contributed by atoms with E-state index in [2.05, 4.69) is 9.97 Å². The molecule has 0 aliphatic carbocycles. The van der Waals surface area contributed by atoms with Crippen molar-refractivity contribution in [3.63, 3.8) is 0 Å². The summed E-state index contributed by atoms with van der Waals surface area (Å²) in [6.07, 6.45) is 2.30. The molecule has 6 aromatic rings. The molecule has 0 atom stereocenters. The summed E-state index contributed by atoms with van der Waals surface area (Å²) in [5.41, 5.74) is 6.33. The zero-order valence-corrected chi connectivity index (χ0v) is 24.8. The van der Waals surface area contributed by atoms with Crippen LogP contribution in [0, 0.1) is 17.5 Å². The molecule has 5 nitrogen and oxygen atoms in total. The van der Waals surface area contributed by atoms with E-state index < -0.39 is 11.6 Å². The van der Waals surface area contributed by atoms with Crippen molar-refractivity contribution in [1.29, 1.82) is 0 Å². The second kappa shape index (κ2) is 13.6. The first-order valence-corrected chi connectivity index (χ1v) is 15.0. The molecule has 1 fully saturated rings. The van der Waals surface area contributed by atoms with E-state index in [0.717, 1.165) is 59.3 Å². The van der Waals surface area contributed by atoms with Crippen molar-refractivity contribution in [2.24, 2.45) is 0 Å². The monoisotopic (exact) mass is 617 g/mol. The molecular formula is C38H30F3N3O2. The third-order valence-corrected chi connectivity index (χ3v) is 8.17. The molecule has 1 saturated heterocycles. The van der Waals surface area contributed by atoms with Crippen LogP contribution in [0.1, 0.15) is 45.3 Å². The van der Waals surface area contributed by atoms with Crippen LogP contribution in [0.4, 0.5) is 13.2 Å². The van der Waals surface area contributed by atoms with E-state index in [1.807, 2.05) is 71.6 Å². The van der Waals surface area contributed by atoms with Crippen LogP contribution < -0.4 is 0 Å². The van der Waals surface area contributed by atoms with Gasteiger partial charge in [-0.3, -0.25) is 9.59 Å². The van der Waals surface area contributed by atoms with Crippen molar-refractivity contribution in [1.82, 2.24) is 14.9 Å². The lowest BCUT2D eigenvalue weighted by Gasteiger charge is -2.31. The Balaban J connectivity index is 0.000000208. The smallest absolute Gasteiger partial charge is 0.253 e. The number of amides is 1. The van der Waals surface area contributed by atoms with Crippen molar-refractivity contribution in [3.8, 4) is 22.3 Å². The van der Waals surface area contributed by atoms with Crippen LogP contribution in [-0.2, 0) is 0 Å². The molecular weight excluding hydrogens is 587 g/mol. The van der Waals surface area contributed by atoms with Crippen molar-refractivity contribution < 1.29 is 22.8 Å². The SMILES string of the molecule is O=C(c1ccc(-c2ccccc2)cc1)N1CCC(c2nc3cc(F)c(F)cc3[nH]2)CC1.O=Cc1ccc(-c2ccc(F)cc2)cc1. The van der Waals surface area contributed by atoms with Gasteiger partial charge in [0, 0.05) is 42.3 Å². The summed E-state index contributed by atoms with van der Waals surface area (Å²) in [6.45, 7) is 1.23. The predicted molar refractivity (Wildman–Crippen MR) is 173 cm³/mol. The van der Waals surface area contributed by atoms with Gasteiger partial charge in [0.1, 0.15) is 17.9 Å². The van der Waals surface area contributed by atoms with Gasteiger partial charge >= 0.3 is 0 Å². The molecule has 2 heterocycles. The highest BCUT2D eigenvalue weighted by Gasteiger charge is 2.26. The molecule has 0 spiro atoms. The standard InChI is InChI=1S/C25H21F2N3O.C13H9FO/c26-20-14-22-23(15-21(20)27)29-24(28-22)18-10-12-30(13-11-18)25(31)19-8-6-17(7-9-19)16-4-2-1-3-5-16;14-13-7-5-12(6-8-13)11-3-1-10(9-15)2-4-11/h1-9,14-15,18H,10-13H2,(H,28,29);1-9H. The van der Waals surface area contributed by atoms with Crippen molar-refractivity contribution >= 4 is 23.2 Å². The van der Waals surface area contributed by atoms with Crippen molar-refractivity contribution in [2.45, 2.75) is 18.8 Å². The number of nitrogens with zero attached hydrogens (tertiary/aromatic N) is 2. The number of piperidine rings is 1. The van der Waals surface area contributed by atoms with Crippen LogP contribution in [0.15, 0.2) is 115 Å². The number of carbonyl (C=O) groups is 2. The molecule has 0 radical (unpaired) electrons. The normalized spacial score (nSPS) is 13.2. The lowest BCUT2D eigenvalue weighted by molar-refractivity contribution is 0.0711. The van der Waals surface area contributed by atoms with Crippen LogP contribution in [0.2, 0.25) is 0 Å². The molecule has 230 valence electrons. The highest BCUT2D eigenvalue weighted by atomic mass is 19.2. The number of halogens is 3. The van der Waals surface area contributed by atoms with E-state index in [1.165, 1.54) is 12.1 Å². The molecule has 1 N–H and O–H groups in total. The summed E-state index contributed by atoms with van der Waals surface area (Å²) in [7, 11) is 0. The van der Waals surface area contributed by atoms with Gasteiger partial charge in [0.05, 0.1) is 11.0 Å². The van der Waals surface area contributed by atoms with Gasteiger partial charge < -0.3 is 9.88 Å². The zero-order valence-electron chi connectivity index (χ0n) is 24.8. The Morgan fingerprint density at radius 3 is 1.87 bits per heavy atom. The number of rotatable bonds is 5. The number of carbonyl (C=O) groups excluding carboxylic acids is 2. The first kappa shape index (κ1) is 30.5. The molecule has 46 heavy (non-hydrogen) atoms.